The highest BCUT2D eigenvalue weighted by atomic mass is 35.5. The van der Waals surface area contributed by atoms with Crippen LogP contribution in [0.4, 0.5) is 10.1 Å². The summed E-state index contributed by atoms with van der Waals surface area (Å²) in [5.41, 5.74) is 0.0696. The second-order valence-electron chi connectivity index (χ2n) is 4.84. The minimum Gasteiger partial charge on any atom is -0.322 e. The molecule has 0 saturated heterocycles. The van der Waals surface area contributed by atoms with Gasteiger partial charge in [-0.1, -0.05) is 29.3 Å². The minimum atomic E-state index is -0.525. The van der Waals surface area contributed by atoms with Gasteiger partial charge in [0, 0.05) is 23.0 Å². The molecule has 1 N–H and O–H groups in total. The molecule has 0 fully saturated rings. The second kappa shape index (κ2) is 8.45. The summed E-state index contributed by atoms with van der Waals surface area (Å²) in [7, 11) is 0. The molecule has 0 aliphatic carbocycles. The maximum Gasteiger partial charge on any atom is 0.238 e. The Balaban J connectivity index is 1.99. The number of hydrogen-bond acceptors (Lipinski definition) is 3. The van der Waals surface area contributed by atoms with Crippen LogP contribution in [-0.2, 0) is 11.3 Å². The van der Waals surface area contributed by atoms with E-state index in [1.807, 2.05) is 17.0 Å². The van der Waals surface area contributed by atoms with Gasteiger partial charge in [0.1, 0.15) is 5.82 Å². The molecule has 1 amide bonds. The molecule has 1 aromatic heterocycles. The van der Waals surface area contributed by atoms with Gasteiger partial charge in [0.2, 0.25) is 5.91 Å². The number of nitrogens with zero attached hydrogens (tertiary/aromatic N) is 1. The predicted octanol–water partition coefficient (Wildman–Crippen LogP) is 4.82. The Morgan fingerprint density at radius 3 is 2.78 bits per heavy atom. The third kappa shape index (κ3) is 5.62. The third-order valence-corrected chi connectivity index (χ3v) is 4.42. The quantitative estimate of drug-likeness (QED) is 0.706. The summed E-state index contributed by atoms with van der Waals surface area (Å²) in [6.07, 6.45) is 1.71. The van der Waals surface area contributed by atoms with Crippen LogP contribution in [0.2, 0.25) is 9.36 Å². The average molecular weight is 373 g/mol. The highest BCUT2D eigenvalue weighted by molar-refractivity contribution is 7.16. The van der Waals surface area contributed by atoms with Crippen molar-refractivity contribution in [1.82, 2.24) is 4.90 Å². The first-order valence-electron chi connectivity index (χ1n) is 6.80. The number of anilines is 1. The lowest BCUT2D eigenvalue weighted by molar-refractivity contribution is -0.117. The van der Waals surface area contributed by atoms with E-state index >= 15 is 0 Å². The molecule has 122 valence electrons. The lowest BCUT2D eigenvalue weighted by Crippen LogP contribution is -2.33. The normalized spacial score (nSPS) is 10.8. The Morgan fingerprint density at radius 1 is 1.35 bits per heavy atom. The van der Waals surface area contributed by atoms with Crippen molar-refractivity contribution >= 4 is 46.1 Å². The van der Waals surface area contributed by atoms with Gasteiger partial charge in [-0.15, -0.1) is 17.9 Å². The molecule has 23 heavy (non-hydrogen) atoms. The summed E-state index contributed by atoms with van der Waals surface area (Å²) >= 11 is 13.2. The topological polar surface area (TPSA) is 32.3 Å². The highest BCUT2D eigenvalue weighted by Crippen LogP contribution is 2.23. The van der Waals surface area contributed by atoms with Gasteiger partial charge in [0.25, 0.3) is 0 Å². The monoisotopic (exact) mass is 372 g/mol. The van der Waals surface area contributed by atoms with Crippen LogP contribution in [0.3, 0.4) is 0 Å². The molecule has 0 aliphatic rings. The molecule has 2 aromatic rings. The number of thiophene rings is 1. The number of halogens is 3. The number of rotatable bonds is 7. The summed E-state index contributed by atoms with van der Waals surface area (Å²) in [4.78, 5) is 15.1. The number of hydrogen-bond donors (Lipinski definition) is 1. The lowest BCUT2D eigenvalue weighted by atomic mass is 10.3. The van der Waals surface area contributed by atoms with E-state index in [2.05, 4.69) is 11.9 Å². The van der Waals surface area contributed by atoms with Crippen LogP contribution < -0.4 is 5.32 Å². The molecule has 0 bridgehead atoms. The van der Waals surface area contributed by atoms with Crippen LogP contribution in [0.15, 0.2) is 43.0 Å². The molecular weight excluding hydrogens is 358 g/mol. The molecule has 0 saturated carbocycles. The van der Waals surface area contributed by atoms with Gasteiger partial charge in [-0.3, -0.25) is 9.69 Å². The first-order chi connectivity index (χ1) is 11.0. The summed E-state index contributed by atoms with van der Waals surface area (Å²) in [6.45, 7) is 4.89. The van der Waals surface area contributed by atoms with Crippen molar-refractivity contribution in [2.45, 2.75) is 6.54 Å². The van der Waals surface area contributed by atoms with Crippen LogP contribution in [-0.4, -0.2) is 23.9 Å². The maximum atomic E-state index is 13.6. The number of nitrogens with one attached hydrogen (secondary N) is 1. The fourth-order valence-electron chi connectivity index (χ4n) is 2.01. The molecule has 0 unspecified atom stereocenters. The summed E-state index contributed by atoms with van der Waals surface area (Å²) < 4.78 is 14.3. The SMILES string of the molecule is C=CCN(CC(=O)Nc1cc(Cl)ccc1F)Cc1ccc(Cl)s1. The Labute approximate surface area is 148 Å². The average Bonchev–Trinajstić information content (AvgIpc) is 2.88. The number of amides is 1. The van der Waals surface area contributed by atoms with Crippen molar-refractivity contribution in [3.8, 4) is 0 Å². The zero-order chi connectivity index (χ0) is 16.8. The van der Waals surface area contributed by atoms with Crippen molar-refractivity contribution in [3.63, 3.8) is 0 Å². The largest absolute Gasteiger partial charge is 0.322 e. The van der Waals surface area contributed by atoms with E-state index in [1.54, 1.807) is 6.08 Å². The van der Waals surface area contributed by atoms with Crippen LogP contribution in [0, 0.1) is 5.82 Å². The van der Waals surface area contributed by atoms with Gasteiger partial charge < -0.3 is 5.32 Å². The molecule has 7 heteroatoms. The number of carbonyl (C=O) groups is 1. The summed E-state index contributed by atoms with van der Waals surface area (Å²) in [5.74, 6) is -0.848. The second-order valence-corrected chi connectivity index (χ2v) is 7.07. The van der Waals surface area contributed by atoms with Gasteiger partial charge in [-0.25, -0.2) is 4.39 Å². The minimum absolute atomic E-state index is 0.0696. The van der Waals surface area contributed by atoms with E-state index in [4.69, 9.17) is 23.2 Å². The first-order valence-corrected chi connectivity index (χ1v) is 8.37. The van der Waals surface area contributed by atoms with Crippen LogP contribution in [0.1, 0.15) is 4.88 Å². The molecule has 0 aliphatic heterocycles. The summed E-state index contributed by atoms with van der Waals surface area (Å²) in [5, 5.41) is 2.89. The standard InChI is InChI=1S/C16H15Cl2FN2OS/c1-2-7-21(9-12-4-6-15(18)23-12)10-16(22)20-14-8-11(17)3-5-13(14)19/h2-6,8H,1,7,9-10H2,(H,20,22). The molecule has 3 nitrogen and oxygen atoms in total. The predicted molar refractivity (Wildman–Crippen MR) is 94.8 cm³/mol. The van der Waals surface area contributed by atoms with E-state index in [-0.39, 0.29) is 18.1 Å². The van der Waals surface area contributed by atoms with E-state index in [9.17, 15) is 9.18 Å². The van der Waals surface area contributed by atoms with Gasteiger partial charge in [-0.05, 0) is 30.3 Å². The third-order valence-electron chi connectivity index (χ3n) is 2.97. The molecule has 1 aromatic carbocycles. The maximum absolute atomic E-state index is 13.6. The van der Waals surface area contributed by atoms with E-state index in [1.165, 1.54) is 29.5 Å². The van der Waals surface area contributed by atoms with Crippen molar-refractivity contribution < 1.29 is 9.18 Å². The zero-order valence-electron chi connectivity index (χ0n) is 12.2. The van der Waals surface area contributed by atoms with Gasteiger partial charge in [0.05, 0.1) is 16.6 Å². The van der Waals surface area contributed by atoms with Crippen molar-refractivity contribution in [2.24, 2.45) is 0 Å². The van der Waals surface area contributed by atoms with Crippen molar-refractivity contribution in [1.29, 1.82) is 0 Å². The van der Waals surface area contributed by atoms with E-state index < -0.39 is 5.82 Å². The van der Waals surface area contributed by atoms with Gasteiger partial charge >= 0.3 is 0 Å². The Morgan fingerprint density at radius 2 is 2.13 bits per heavy atom. The first kappa shape index (κ1) is 17.9. The summed E-state index contributed by atoms with van der Waals surface area (Å²) in [6, 6.07) is 7.75. The zero-order valence-corrected chi connectivity index (χ0v) is 14.5. The van der Waals surface area contributed by atoms with Crippen LogP contribution in [0.25, 0.3) is 0 Å². The Kier molecular flexibility index (Phi) is 6.59. The molecule has 2 rings (SSSR count). The van der Waals surface area contributed by atoms with E-state index in [0.717, 1.165) is 4.88 Å². The van der Waals surface area contributed by atoms with Crippen LogP contribution >= 0.6 is 34.5 Å². The fourth-order valence-corrected chi connectivity index (χ4v) is 3.31. The molecule has 0 atom stereocenters. The van der Waals surface area contributed by atoms with Gasteiger partial charge in [-0.2, -0.15) is 0 Å². The van der Waals surface area contributed by atoms with Crippen LogP contribution in [0.5, 0.6) is 0 Å². The lowest BCUT2D eigenvalue weighted by Gasteiger charge is -2.19. The highest BCUT2D eigenvalue weighted by Gasteiger charge is 2.13. The smallest absolute Gasteiger partial charge is 0.238 e. The van der Waals surface area contributed by atoms with E-state index in [0.29, 0.717) is 22.4 Å². The Hall–Kier alpha value is -1.40. The van der Waals surface area contributed by atoms with Crippen molar-refractivity contribution in [2.75, 3.05) is 18.4 Å². The van der Waals surface area contributed by atoms with Crippen molar-refractivity contribution in [3.05, 3.63) is 63.0 Å². The molecular formula is C16H15Cl2FN2OS. The molecule has 0 radical (unpaired) electrons. The number of benzene rings is 1. The number of carbonyl (C=O) groups excluding carboxylic acids is 1. The fraction of sp³-hybridized carbons (Fsp3) is 0.188. The Bertz CT molecular complexity index is 705. The molecule has 0 spiro atoms. The molecule has 1 heterocycles. The van der Waals surface area contributed by atoms with Gasteiger partial charge in [0.15, 0.2) is 0 Å².